The molecule has 110 valence electrons. The van der Waals surface area contributed by atoms with Crippen molar-refractivity contribution in [1.29, 1.82) is 0 Å². The van der Waals surface area contributed by atoms with Crippen LogP contribution in [0.5, 0.6) is 0 Å². The Morgan fingerprint density at radius 1 is 1.10 bits per heavy atom. The van der Waals surface area contributed by atoms with Gasteiger partial charge in [-0.15, -0.1) is 0 Å². The molecule has 1 aliphatic rings. The Hall–Kier alpha value is -0.543. The minimum atomic E-state index is -1.10. The maximum absolute atomic E-state index is 5.06. The average Bonchev–Trinajstić information content (AvgIpc) is 2.56. The number of para-hydroxylation sites is 1. The van der Waals surface area contributed by atoms with Crippen LogP contribution in [0.15, 0.2) is 29.3 Å². The standard InChI is InChI=1S/C17H27NSSi/c1-14-10-8-9-11-15(14)18-16-12-6-5-7-13-17(16)19-20(2,3)4/h8-11,17H,5-7,12-13H2,1-4H3. The fourth-order valence-electron chi connectivity index (χ4n) is 2.67. The lowest BCUT2D eigenvalue weighted by atomic mass is 10.1. The Morgan fingerprint density at radius 2 is 1.85 bits per heavy atom. The van der Waals surface area contributed by atoms with Crippen LogP contribution < -0.4 is 0 Å². The maximum Gasteiger partial charge on any atom is 0.109 e. The highest BCUT2D eigenvalue weighted by Gasteiger charge is 2.26. The van der Waals surface area contributed by atoms with Crippen molar-refractivity contribution in [2.75, 3.05) is 0 Å². The molecule has 0 radical (unpaired) electrons. The van der Waals surface area contributed by atoms with Crippen LogP contribution in [0.1, 0.15) is 37.7 Å². The van der Waals surface area contributed by atoms with Crippen LogP contribution in [-0.4, -0.2) is 18.2 Å². The van der Waals surface area contributed by atoms with Gasteiger partial charge in [0.1, 0.15) is 7.22 Å². The van der Waals surface area contributed by atoms with Crippen LogP contribution in [0.25, 0.3) is 0 Å². The summed E-state index contributed by atoms with van der Waals surface area (Å²) >= 11 is 2.23. The van der Waals surface area contributed by atoms with Gasteiger partial charge in [-0.05, 0) is 37.8 Å². The molecule has 0 amide bonds. The summed E-state index contributed by atoms with van der Waals surface area (Å²) in [5, 5.41) is 0.656. The van der Waals surface area contributed by atoms with Crippen molar-refractivity contribution in [2.45, 2.75) is 63.9 Å². The van der Waals surface area contributed by atoms with Crippen LogP contribution in [0.2, 0.25) is 19.6 Å². The molecular formula is C17H27NSSi. The normalized spacial score (nSPS) is 22.8. The first kappa shape index (κ1) is 15.8. The lowest BCUT2D eigenvalue weighted by Gasteiger charge is -2.24. The molecule has 0 N–H and O–H groups in total. The van der Waals surface area contributed by atoms with Crippen molar-refractivity contribution in [3.8, 4) is 0 Å². The van der Waals surface area contributed by atoms with Crippen LogP contribution in [-0.2, 0) is 0 Å². The van der Waals surface area contributed by atoms with Crippen molar-refractivity contribution < 1.29 is 0 Å². The summed E-state index contributed by atoms with van der Waals surface area (Å²) in [4.78, 5) is 5.06. The zero-order valence-electron chi connectivity index (χ0n) is 13.3. The lowest BCUT2D eigenvalue weighted by Crippen LogP contribution is -2.25. The molecule has 0 bridgehead atoms. The number of hydrogen-bond acceptors (Lipinski definition) is 2. The van der Waals surface area contributed by atoms with Crippen molar-refractivity contribution in [2.24, 2.45) is 4.99 Å². The van der Waals surface area contributed by atoms with E-state index in [2.05, 4.69) is 62.0 Å². The zero-order valence-corrected chi connectivity index (χ0v) is 15.1. The summed E-state index contributed by atoms with van der Waals surface area (Å²) < 4.78 is 0. The second-order valence-electron chi connectivity index (χ2n) is 6.71. The average molecular weight is 306 g/mol. The molecule has 1 atom stereocenters. The van der Waals surface area contributed by atoms with Crippen LogP contribution in [0.4, 0.5) is 5.69 Å². The van der Waals surface area contributed by atoms with E-state index in [0.29, 0.717) is 5.25 Å². The largest absolute Gasteiger partial charge is 0.256 e. The molecule has 0 aromatic heterocycles. The fourth-order valence-corrected chi connectivity index (χ4v) is 7.43. The summed E-state index contributed by atoms with van der Waals surface area (Å²) in [5.74, 6) is 0. The summed E-state index contributed by atoms with van der Waals surface area (Å²) in [6.07, 6.45) is 6.56. The predicted molar refractivity (Wildman–Crippen MR) is 96.1 cm³/mol. The first-order valence-electron chi connectivity index (χ1n) is 7.76. The third-order valence-corrected chi connectivity index (χ3v) is 8.12. The van der Waals surface area contributed by atoms with E-state index in [-0.39, 0.29) is 0 Å². The molecule has 20 heavy (non-hydrogen) atoms. The summed E-state index contributed by atoms with van der Waals surface area (Å²) in [6.45, 7) is 9.52. The van der Waals surface area contributed by atoms with Crippen molar-refractivity contribution in [3.63, 3.8) is 0 Å². The molecule has 1 saturated carbocycles. The molecule has 1 unspecified atom stereocenters. The first-order chi connectivity index (χ1) is 9.46. The van der Waals surface area contributed by atoms with Crippen LogP contribution in [0.3, 0.4) is 0 Å². The molecule has 1 aromatic carbocycles. The molecule has 0 aliphatic heterocycles. The fraction of sp³-hybridized carbons (Fsp3) is 0.588. The SMILES string of the molecule is Cc1ccccc1N=C1CCCCCC1S[Si](C)(C)C. The van der Waals surface area contributed by atoms with Gasteiger partial charge in [-0.25, -0.2) is 0 Å². The minimum Gasteiger partial charge on any atom is -0.256 e. The highest BCUT2D eigenvalue weighted by Crippen LogP contribution is 2.34. The lowest BCUT2D eigenvalue weighted by molar-refractivity contribution is 0.706. The van der Waals surface area contributed by atoms with E-state index in [1.165, 1.54) is 49.1 Å². The van der Waals surface area contributed by atoms with Gasteiger partial charge in [-0.1, -0.05) is 50.7 Å². The van der Waals surface area contributed by atoms with Gasteiger partial charge in [0.15, 0.2) is 0 Å². The summed E-state index contributed by atoms with van der Waals surface area (Å²) in [7, 11) is -1.10. The quantitative estimate of drug-likeness (QED) is 0.495. The van der Waals surface area contributed by atoms with Gasteiger partial charge in [0.2, 0.25) is 0 Å². The van der Waals surface area contributed by atoms with Crippen LogP contribution in [0, 0.1) is 6.92 Å². The highest BCUT2D eigenvalue weighted by molar-refractivity contribution is 8.29. The monoisotopic (exact) mass is 305 g/mol. The third-order valence-electron chi connectivity index (χ3n) is 3.65. The highest BCUT2D eigenvalue weighted by atomic mass is 32.4. The van der Waals surface area contributed by atoms with E-state index >= 15 is 0 Å². The van der Waals surface area contributed by atoms with Crippen molar-refractivity contribution in [1.82, 2.24) is 0 Å². The van der Waals surface area contributed by atoms with Gasteiger partial charge in [-0.2, -0.15) is 11.2 Å². The van der Waals surface area contributed by atoms with Crippen molar-refractivity contribution >= 4 is 29.8 Å². The molecule has 1 fully saturated rings. The van der Waals surface area contributed by atoms with E-state index in [9.17, 15) is 0 Å². The Kier molecular flexibility index (Phi) is 5.50. The summed E-state index contributed by atoms with van der Waals surface area (Å²) in [5.41, 5.74) is 3.91. The van der Waals surface area contributed by atoms with Gasteiger partial charge in [0.05, 0.1) is 5.69 Å². The van der Waals surface area contributed by atoms with E-state index < -0.39 is 7.22 Å². The molecule has 1 nitrogen and oxygen atoms in total. The van der Waals surface area contributed by atoms with Gasteiger partial charge < -0.3 is 0 Å². The molecule has 0 spiro atoms. The molecule has 1 aromatic rings. The molecule has 0 saturated heterocycles. The second kappa shape index (κ2) is 6.95. The Labute approximate surface area is 128 Å². The van der Waals surface area contributed by atoms with Crippen molar-refractivity contribution in [3.05, 3.63) is 29.8 Å². The van der Waals surface area contributed by atoms with Crippen LogP contribution >= 0.6 is 11.2 Å². The maximum atomic E-state index is 5.06. The number of nitrogens with zero attached hydrogens (tertiary/aromatic N) is 1. The molecule has 0 heterocycles. The Balaban J connectivity index is 2.26. The van der Waals surface area contributed by atoms with Gasteiger partial charge >= 0.3 is 0 Å². The van der Waals surface area contributed by atoms with Gasteiger partial charge in [0, 0.05) is 11.0 Å². The Morgan fingerprint density at radius 3 is 2.55 bits per heavy atom. The third kappa shape index (κ3) is 4.78. The molecular weight excluding hydrogens is 278 g/mol. The van der Waals surface area contributed by atoms with Gasteiger partial charge in [0.25, 0.3) is 0 Å². The molecule has 3 heteroatoms. The van der Waals surface area contributed by atoms with E-state index in [1.54, 1.807) is 0 Å². The van der Waals surface area contributed by atoms with Gasteiger partial charge in [-0.3, -0.25) is 4.99 Å². The predicted octanol–water partition coefficient (Wildman–Crippen LogP) is 5.97. The first-order valence-corrected chi connectivity index (χ1v) is 12.9. The second-order valence-corrected chi connectivity index (χ2v) is 16.1. The Bertz CT molecular complexity index is 476. The number of benzene rings is 1. The summed E-state index contributed by atoms with van der Waals surface area (Å²) in [6, 6.07) is 8.52. The smallest absolute Gasteiger partial charge is 0.109 e. The number of aryl methyl sites for hydroxylation is 1. The zero-order chi connectivity index (χ0) is 14.6. The van der Waals surface area contributed by atoms with E-state index in [4.69, 9.17) is 4.99 Å². The minimum absolute atomic E-state index is 0.656. The number of hydrogen-bond donors (Lipinski definition) is 0. The molecule has 2 rings (SSSR count). The number of rotatable bonds is 3. The van der Waals surface area contributed by atoms with E-state index in [1.807, 2.05) is 0 Å². The number of aliphatic imine (C=N–C) groups is 1. The van der Waals surface area contributed by atoms with E-state index in [0.717, 1.165) is 0 Å². The topological polar surface area (TPSA) is 12.4 Å². The molecule has 1 aliphatic carbocycles.